The maximum absolute atomic E-state index is 12.2. The third-order valence-electron chi connectivity index (χ3n) is 2.84. The van der Waals surface area contributed by atoms with Crippen LogP contribution in [0.3, 0.4) is 0 Å². The number of amidine groups is 1. The SMILES string of the molecule is CC(C)(C)S(=O)(=O)N1CCN(CC(=N)N)CC1. The Hall–Kier alpha value is -0.660. The summed E-state index contributed by atoms with van der Waals surface area (Å²) in [4.78, 5) is 2.00. The van der Waals surface area contributed by atoms with Gasteiger partial charge in [-0.25, -0.2) is 8.42 Å². The lowest BCUT2D eigenvalue weighted by Crippen LogP contribution is -2.53. The molecule has 0 spiro atoms. The van der Waals surface area contributed by atoms with Gasteiger partial charge in [-0.2, -0.15) is 4.31 Å². The van der Waals surface area contributed by atoms with Crippen LogP contribution in [0, 0.1) is 5.41 Å². The molecule has 0 saturated carbocycles. The highest BCUT2D eigenvalue weighted by Crippen LogP contribution is 2.21. The molecule has 0 aliphatic carbocycles. The quantitative estimate of drug-likeness (QED) is 0.538. The highest BCUT2D eigenvalue weighted by atomic mass is 32.2. The van der Waals surface area contributed by atoms with E-state index < -0.39 is 14.8 Å². The first-order chi connectivity index (χ1) is 7.64. The lowest BCUT2D eigenvalue weighted by Gasteiger charge is -2.37. The van der Waals surface area contributed by atoms with Gasteiger partial charge in [-0.3, -0.25) is 10.3 Å². The highest BCUT2D eigenvalue weighted by Gasteiger charge is 2.36. The number of hydrogen-bond acceptors (Lipinski definition) is 4. The monoisotopic (exact) mass is 262 g/mol. The first kappa shape index (κ1) is 14.4. The molecule has 1 saturated heterocycles. The summed E-state index contributed by atoms with van der Waals surface area (Å²) in [5.41, 5.74) is 5.32. The van der Waals surface area contributed by atoms with Crippen molar-refractivity contribution in [2.75, 3.05) is 32.7 Å². The van der Waals surface area contributed by atoms with E-state index in [2.05, 4.69) is 0 Å². The minimum absolute atomic E-state index is 0.122. The summed E-state index contributed by atoms with van der Waals surface area (Å²) in [5.74, 6) is 0.122. The Labute approximate surface area is 103 Å². The largest absolute Gasteiger partial charge is 0.387 e. The lowest BCUT2D eigenvalue weighted by molar-refractivity contribution is 0.206. The standard InChI is InChI=1S/C10H22N4O2S/c1-10(2,3)17(15,16)14-6-4-13(5-7-14)8-9(11)12/h4-8H2,1-3H3,(H3,11,12). The predicted octanol–water partition coefficient (Wildman–Crippen LogP) is -0.332. The van der Waals surface area contributed by atoms with Crippen molar-refractivity contribution in [1.82, 2.24) is 9.21 Å². The summed E-state index contributed by atoms with van der Waals surface area (Å²) in [5, 5.41) is 7.21. The van der Waals surface area contributed by atoms with Crippen molar-refractivity contribution in [1.29, 1.82) is 5.41 Å². The van der Waals surface area contributed by atoms with Crippen LogP contribution in [-0.2, 0) is 10.0 Å². The first-order valence-corrected chi connectivity index (χ1v) is 7.13. The Morgan fingerprint density at radius 1 is 1.24 bits per heavy atom. The summed E-state index contributed by atoms with van der Waals surface area (Å²) in [6, 6.07) is 0. The van der Waals surface area contributed by atoms with Crippen LogP contribution in [0.25, 0.3) is 0 Å². The zero-order valence-electron chi connectivity index (χ0n) is 10.7. The molecule has 1 aliphatic heterocycles. The van der Waals surface area contributed by atoms with E-state index >= 15 is 0 Å². The molecule has 0 aromatic carbocycles. The van der Waals surface area contributed by atoms with Crippen molar-refractivity contribution in [3.05, 3.63) is 0 Å². The summed E-state index contributed by atoms with van der Waals surface area (Å²) in [6.45, 7) is 7.78. The van der Waals surface area contributed by atoms with Crippen LogP contribution in [0.1, 0.15) is 20.8 Å². The van der Waals surface area contributed by atoms with Gasteiger partial charge in [-0.15, -0.1) is 0 Å². The van der Waals surface area contributed by atoms with E-state index in [9.17, 15) is 8.42 Å². The summed E-state index contributed by atoms with van der Waals surface area (Å²) in [6.07, 6.45) is 0. The number of nitrogens with two attached hydrogens (primary N) is 1. The smallest absolute Gasteiger partial charge is 0.219 e. The zero-order chi connectivity index (χ0) is 13.3. The van der Waals surface area contributed by atoms with Crippen LogP contribution in [0.4, 0.5) is 0 Å². The molecule has 6 nitrogen and oxygen atoms in total. The van der Waals surface area contributed by atoms with Gasteiger partial charge in [0.2, 0.25) is 10.0 Å². The van der Waals surface area contributed by atoms with E-state index in [1.165, 1.54) is 4.31 Å². The fraction of sp³-hybridized carbons (Fsp3) is 0.900. The van der Waals surface area contributed by atoms with Crippen LogP contribution in [0.5, 0.6) is 0 Å². The molecule has 7 heteroatoms. The molecule has 1 heterocycles. The van der Waals surface area contributed by atoms with Gasteiger partial charge in [0.15, 0.2) is 0 Å². The second-order valence-corrected chi connectivity index (χ2v) is 8.01. The number of sulfonamides is 1. The van der Waals surface area contributed by atoms with Gasteiger partial charge in [0.05, 0.1) is 11.3 Å². The van der Waals surface area contributed by atoms with Gasteiger partial charge in [0, 0.05) is 26.2 Å². The summed E-state index contributed by atoms with van der Waals surface area (Å²) in [7, 11) is -3.23. The van der Waals surface area contributed by atoms with Crippen molar-refractivity contribution in [2.45, 2.75) is 25.5 Å². The van der Waals surface area contributed by atoms with Gasteiger partial charge in [0.1, 0.15) is 5.84 Å². The molecule has 0 radical (unpaired) electrons. The van der Waals surface area contributed by atoms with Gasteiger partial charge in [-0.05, 0) is 20.8 Å². The topological polar surface area (TPSA) is 90.5 Å². The molecule has 0 aromatic rings. The lowest BCUT2D eigenvalue weighted by atomic mass is 10.3. The van der Waals surface area contributed by atoms with Crippen molar-refractivity contribution in [3.8, 4) is 0 Å². The van der Waals surface area contributed by atoms with Crippen LogP contribution in [0.2, 0.25) is 0 Å². The highest BCUT2D eigenvalue weighted by molar-refractivity contribution is 7.90. The molecule has 0 bridgehead atoms. The second kappa shape index (κ2) is 4.91. The molecule has 0 unspecified atom stereocenters. The van der Waals surface area contributed by atoms with Crippen LogP contribution in [-0.4, -0.2) is 60.9 Å². The normalized spacial score (nSPS) is 20.4. The average Bonchev–Trinajstić information content (AvgIpc) is 2.15. The van der Waals surface area contributed by atoms with E-state index in [1.54, 1.807) is 20.8 Å². The Kier molecular flexibility index (Phi) is 4.16. The van der Waals surface area contributed by atoms with Crippen LogP contribution < -0.4 is 5.73 Å². The van der Waals surface area contributed by atoms with Crippen molar-refractivity contribution >= 4 is 15.9 Å². The van der Waals surface area contributed by atoms with E-state index in [-0.39, 0.29) is 5.84 Å². The molecule has 3 N–H and O–H groups in total. The molecule has 17 heavy (non-hydrogen) atoms. The molecule has 1 fully saturated rings. The number of piperazine rings is 1. The number of hydrogen-bond donors (Lipinski definition) is 2. The number of rotatable bonds is 3. The molecule has 1 rings (SSSR count). The van der Waals surface area contributed by atoms with Crippen molar-refractivity contribution in [3.63, 3.8) is 0 Å². The predicted molar refractivity (Wildman–Crippen MR) is 68.6 cm³/mol. The Bertz CT molecular complexity index is 378. The number of nitrogens with one attached hydrogen (secondary N) is 1. The van der Waals surface area contributed by atoms with Crippen LogP contribution in [0.15, 0.2) is 0 Å². The first-order valence-electron chi connectivity index (χ1n) is 5.69. The van der Waals surface area contributed by atoms with Gasteiger partial charge < -0.3 is 5.73 Å². The van der Waals surface area contributed by atoms with Crippen LogP contribution >= 0.6 is 0 Å². The zero-order valence-corrected chi connectivity index (χ0v) is 11.5. The van der Waals surface area contributed by atoms with Crippen molar-refractivity contribution in [2.24, 2.45) is 5.73 Å². The summed E-state index contributed by atoms with van der Waals surface area (Å²) < 4.78 is 25.1. The maximum atomic E-state index is 12.2. The fourth-order valence-electron chi connectivity index (χ4n) is 1.76. The molecule has 0 atom stereocenters. The average molecular weight is 262 g/mol. The van der Waals surface area contributed by atoms with E-state index in [1.807, 2.05) is 4.90 Å². The molecule has 0 amide bonds. The number of nitrogens with zero attached hydrogens (tertiary/aromatic N) is 2. The fourth-order valence-corrected chi connectivity index (χ4v) is 3.17. The minimum atomic E-state index is -3.23. The van der Waals surface area contributed by atoms with Gasteiger partial charge >= 0.3 is 0 Å². The third-order valence-corrected chi connectivity index (χ3v) is 5.43. The second-order valence-electron chi connectivity index (χ2n) is 5.32. The molecule has 1 aliphatic rings. The Morgan fingerprint density at radius 3 is 2.06 bits per heavy atom. The summed E-state index contributed by atoms with van der Waals surface area (Å²) >= 11 is 0. The molecular weight excluding hydrogens is 240 g/mol. The van der Waals surface area contributed by atoms with Gasteiger partial charge in [-0.1, -0.05) is 0 Å². The maximum Gasteiger partial charge on any atom is 0.219 e. The minimum Gasteiger partial charge on any atom is -0.387 e. The van der Waals surface area contributed by atoms with E-state index in [4.69, 9.17) is 11.1 Å². The molecule has 0 aromatic heterocycles. The van der Waals surface area contributed by atoms with Crippen molar-refractivity contribution < 1.29 is 8.42 Å². The molecule has 100 valence electrons. The Balaban J connectivity index is 2.61. The van der Waals surface area contributed by atoms with Gasteiger partial charge in [0.25, 0.3) is 0 Å². The molecular formula is C10H22N4O2S. The van der Waals surface area contributed by atoms with E-state index in [0.717, 1.165) is 0 Å². The third kappa shape index (κ3) is 3.40. The van der Waals surface area contributed by atoms with E-state index in [0.29, 0.717) is 32.7 Å². The Morgan fingerprint density at radius 2 is 1.71 bits per heavy atom.